The molecule has 0 fully saturated rings. The number of hydrogen-bond donors (Lipinski definition) is 1. The van der Waals surface area contributed by atoms with E-state index >= 15 is 0 Å². The molecule has 0 radical (unpaired) electrons. The lowest BCUT2D eigenvalue weighted by Crippen LogP contribution is -2.10. The number of ether oxygens (including phenoxy) is 1. The average Bonchev–Trinajstić information content (AvgIpc) is 2.17. The lowest BCUT2D eigenvalue weighted by Gasteiger charge is -2.10. The smallest absolute Gasteiger partial charge is 0.333 e. The molecule has 0 aromatic rings. The summed E-state index contributed by atoms with van der Waals surface area (Å²) in [4.78, 5) is 11.2. The molecule has 1 atom stereocenters. The predicted octanol–water partition coefficient (Wildman–Crippen LogP) is 2.62. The number of carbonyl (C=O) groups excluding carboxylic acids is 1. The van der Waals surface area contributed by atoms with Crippen molar-refractivity contribution < 1.29 is 9.53 Å². The SMILES string of the molecule is C=C(CC(C=CC)CS)C(=O)OCC. The third-order valence-corrected chi connectivity index (χ3v) is 2.24. The van der Waals surface area contributed by atoms with Crippen molar-refractivity contribution in [3.05, 3.63) is 24.3 Å². The first-order chi connectivity index (χ1) is 6.65. The number of rotatable bonds is 6. The zero-order valence-corrected chi connectivity index (χ0v) is 9.72. The second kappa shape index (κ2) is 7.68. The van der Waals surface area contributed by atoms with E-state index in [1.54, 1.807) is 6.92 Å². The van der Waals surface area contributed by atoms with Crippen molar-refractivity contribution in [2.75, 3.05) is 12.4 Å². The zero-order chi connectivity index (χ0) is 11.0. The van der Waals surface area contributed by atoms with Gasteiger partial charge < -0.3 is 4.74 Å². The van der Waals surface area contributed by atoms with Gasteiger partial charge in [-0.25, -0.2) is 4.79 Å². The van der Waals surface area contributed by atoms with Crippen LogP contribution in [-0.4, -0.2) is 18.3 Å². The van der Waals surface area contributed by atoms with Gasteiger partial charge in [0.15, 0.2) is 0 Å². The fourth-order valence-corrected chi connectivity index (χ4v) is 1.35. The highest BCUT2D eigenvalue weighted by molar-refractivity contribution is 7.80. The van der Waals surface area contributed by atoms with E-state index in [2.05, 4.69) is 19.2 Å². The van der Waals surface area contributed by atoms with Gasteiger partial charge in [-0.05, 0) is 31.9 Å². The Hall–Kier alpha value is -0.700. The summed E-state index contributed by atoms with van der Waals surface area (Å²) in [6.07, 6.45) is 4.60. The summed E-state index contributed by atoms with van der Waals surface area (Å²) in [7, 11) is 0. The maximum absolute atomic E-state index is 11.2. The molecule has 80 valence electrons. The second-order valence-electron chi connectivity index (χ2n) is 3.00. The molecule has 0 spiro atoms. The van der Waals surface area contributed by atoms with Gasteiger partial charge in [0, 0.05) is 5.57 Å². The van der Waals surface area contributed by atoms with Gasteiger partial charge in [0.05, 0.1) is 6.61 Å². The lowest BCUT2D eigenvalue weighted by molar-refractivity contribution is -0.138. The average molecular weight is 214 g/mol. The molecule has 0 aromatic carbocycles. The van der Waals surface area contributed by atoms with E-state index in [0.717, 1.165) is 0 Å². The monoisotopic (exact) mass is 214 g/mol. The normalized spacial score (nSPS) is 12.8. The Balaban J connectivity index is 4.08. The minimum Gasteiger partial charge on any atom is -0.463 e. The Morgan fingerprint density at radius 1 is 1.64 bits per heavy atom. The highest BCUT2D eigenvalue weighted by atomic mass is 32.1. The molecule has 0 aliphatic heterocycles. The molecule has 0 bridgehead atoms. The van der Waals surface area contributed by atoms with Crippen molar-refractivity contribution in [2.24, 2.45) is 5.92 Å². The molecule has 2 nitrogen and oxygen atoms in total. The van der Waals surface area contributed by atoms with Crippen LogP contribution in [0.1, 0.15) is 20.3 Å². The van der Waals surface area contributed by atoms with Crippen LogP contribution in [0.2, 0.25) is 0 Å². The van der Waals surface area contributed by atoms with E-state index in [9.17, 15) is 4.79 Å². The summed E-state index contributed by atoms with van der Waals surface area (Å²) in [5.41, 5.74) is 0.518. The summed E-state index contributed by atoms with van der Waals surface area (Å²) in [5, 5.41) is 0. The van der Waals surface area contributed by atoms with Crippen molar-refractivity contribution in [1.82, 2.24) is 0 Å². The summed E-state index contributed by atoms with van der Waals surface area (Å²) in [6, 6.07) is 0. The van der Waals surface area contributed by atoms with Crippen molar-refractivity contribution in [2.45, 2.75) is 20.3 Å². The van der Waals surface area contributed by atoms with Gasteiger partial charge in [-0.1, -0.05) is 18.7 Å². The van der Waals surface area contributed by atoms with Gasteiger partial charge in [0.25, 0.3) is 0 Å². The first-order valence-electron chi connectivity index (χ1n) is 4.74. The minimum absolute atomic E-state index is 0.264. The predicted molar refractivity (Wildman–Crippen MR) is 62.5 cm³/mol. The fourth-order valence-electron chi connectivity index (χ4n) is 1.10. The quantitative estimate of drug-likeness (QED) is 0.318. The Morgan fingerprint density at radius 2 is 2.29 bits per heavy atom. The molecule has 3 heteroatoms. The van der Waals surface area contributed by atoms with Gasteiger partial charge in [-0.3, -0.25) is 0 Å². The third-order valence-electron chi connectivity index (χ3n) is 1.77. The van der Waals surface area contributed by atoms with Crippen molar-refractivity contribution in [1.29, 1.82) is 0 Å². The van der Waals surface area contributed by atoms with E-state index in [1.807, 2.05) is 19.1 Å². The maximum Gasteiger partial charge on any atom is 0.333 e. The molecule has 0 rings (SSSR count). The van der Waals surface area contributed by atoms with Crippen LogP contribution in [0.3, 0.4) is 0 Å². The minimum atomic E-state index is -0.302. The van der Waals surface area contributed by atoms with Gasteiger partial charge in [-0.2, -0.15) is 12.6 Å². The molecule has 1 unspecified atom stereocenters. The fraction of sp³-hybridized carbons (Fsp3) is 0.545. The van der Waals surface area contributed by atoms with Crippen LogP contribution in [0.5, 0.6) is 0 Å². The van der Waals surface area contributed by atoms with Crippen LogP contribution < -0.4 is 0 Å². The van der Waals surface area contributed by atoms with Crippen molar-refractivity contribution >= 4 is 18.6 Å². The summed E-state index contributed by atoms with van der Waals surface area (Å²) in [5.74, 6) is 0.673. The number of hydrogen-bond acceptors (Lipinski definition) is 3. The van der Waals surface area contributed by atoms with E-state index < -0.39 is 0 Å². The molecule has 0 aliphatic rings. The van der Waals surface area contributed by atoms with Crippen LogP contribution >= 0.6 is 12.6 Å². The Kier molecular flexibility index (Phi) is 7.30. The lowest BCUT2D eigenvalue weighted by atomic mass is 10.0. The largest absolute Gasteiger partial charge is 0.463 e. The molecular formula is C11H18O2S. The van der Waals surface area contributed by atoms with Gasteiger partial charge in [-0.15, -0.1) is 0 Å². The highest BCUT2D eigenvalue weighted by Crippen LogP contribution is 2.14. The molecule has 0 saturated heterocycles. The van der Waals surface area contributed by atoms with E-state index in [1.165, 1.54) is 0 Å². The molecule has 0 N–H and O–H groups in total. The first kappa shape index (κ1) is 13.3. The van der Waals surface area contributed by atoms with E-state index in [4.69, 9.17) is 4.74 Å². The summed E-state index contributed by atoms with van der Waals surface area (Å²) in [6.45, 7) is 7.83. The molecule has 0 aliphatic carbocycles. The highest BCUT2D eigenvalue weighted by Gasteiger charge is 2.12. The van der Waals surface area contributed by atoms with Crippen molar-refractivity contribution in [3.63, 3.8) is 0 Å². The van der Waals surface area contributed by atoms with Gasteiger partial charge in [0.2, 0.25) is 0 Å². The Labute approximate surface area is 91.4 Å². The van der Waals surface area contributed by atoms with E-state index in [-0.39, 0.29) is 11.9 Å². The molecular weight excluding hydrogens is 196 g/mol. The maximum atomic E-state index is 11.2. The van der Waals surface area contributed by atoms with Gasteiger partial charge in [0.1, 0.15) is 0 Å². The Bertz CT molecular complexity index is 221. The standard InChI is InChI=1S/C11H18O2S/c1-4-6-10(8-14)7-9(3)11(12)13-5-2/h4,6,10,14H,3,5,7-8H2,1-2H3. The zero-order valence-electron chi connectivity index (χ0n) is 8.82. The summed E-state index contributed by atoms with van der Waals surface area (Å²) >= 11 is 4.20. The number of carbonyl (C=O) groups is 1. The van der Waals surface area contributed by atoms with E-state index in [0.29, 0.717) is 24.4 Å². The molecule has 0 amide bonds. The molecule has 0 saturated carbocycles. The summed E-state index contributed by atoms with van der Waals surface area (Å²) < 4.78 is 4.84. The van der Waals surface area contributed by atoms with Crippen LogP contribution in [0.15, 0.2) is 24.3 Å². The first-order valence-corrected chi connectivity index (χ1v) is 5.37. The van der Waals surface area contributed by atoms with Crippen LogP contribution in [0, 0.1) is 5.92 Å². The van der Waals surface area contributed by atoms with Crippen LogP contribution in [0.4, 0.5) is 0 Å². The Morgan fingerprint density at radius 3 is 2.71 bits per heavy atom. The number of allylic oxidation sites excluding steroid dienone is 2. The topological polar surface area (TPSA) is 26.3 Å². The van der Waals surface area contributed by atoms with Crippen molar-refractivity contribution in [3.8, 4) is 0 Å². The van der Waals surface area contributed by atoms with Gasteiger partial charge >= 0.3 is 5.97 Å². The van der Waals surface area contributed by atoms with Crippen LogP contribution in [-0.2, 0) is 9.53 Å². The third kappa shape index (κ3) is 5.12. The number of thiol groups is 1. The molecule has 0 aromatic heterocycles. The molecule has 0 heterocycles. The number of esters is 1. The molecule has 14 heavy (non-hydrogen) atoms. The second-order valence-corrected chi connectivity index (χ2v) is 3.36. The van der Waals surface area contributed by atoms with Crippen LogP contribution in [0.25, 0.3) is 0 Å².